The molecule has 8 nitrogen and oxygen atoms in total. The molecular weight excluding hydrogens is 412 g/mol. The van der Waals surface area contributed by atoms with Crippen LogP contribution in [0.15, 0.2) is 11.6 Å². The first-order valence-electron chi connectivity index (χ1n) is 11.7. The summed E-state index contributed by atoms with van der Waals surface area (Å²) < 4.78 is 24.1. The molecule has 0 aromatic heterocycles. The molecule has 1 unspecified atom stereocenters. The van der Waals surface area contributed by atoms with Crippen molar-refractivity contribution in [2.24, 2.45) is 11.8 Å². The second-order valence-electron chi connectivity index (χ2n) is 10.6. The molecule has 4 aliphatic rings. The predicted molar refractivity (Wildman–Crippen MR) is 118 cm³/mol. The zero-order valence-electron chi connectivity index (χ0n) is 20.3. The van der Waals surface area contributed by atoms with E-state index in [0.717, 1.165) is 12.8 Å². The lowest BCUT2D eigenvalue weighted by atomic mass is 9.68. The van der Waals surface area contributed by atoms with E-state index in [2.05, 4.69) is 26.8 Å². The molecule has 1 saturated carbocycles. The third-order valence-corrected chi connectivity index (χ3v) is 7.67. The molecule has 1 spiro atoms. The van der Waals surface area contributed by atoms with Gasteiger partial charge < -0.3 is 28.7 Å². The van der Waals surface area contributed by atoms with Crippen LogP contribution >= 0.6 is 0 Å². The summed E-state index contributed by atoms with van der Waals surface area (Å²) in [6.07, 6.45) is 4.29. The molecule has 2 amide bonds. The van der Waals surface area contributed by atoms with Crippen LogP contribution in [-0.2, 0) is 23.7 Å². The van der Waals surface area contributed by atoms with Gasteiger partial charge in [-0.15, -0.1) is 0 Å². The Balaban J connectivity index is 1.37. The number of methoxy groups -OCH3 is 1. The molecule has 0 radical (unpaired) electrons. The van der Waals surface area contributed by atoms with E-state index in [1.54, 1.807) is 31.0 Å². The SMILES string of the molecule is CO[C@H]1C([C@@]2(C)O[C@@H]2CC=C(C)C)[C@]2(CC[C@H]1OC(=O)N1CC(CC(=O)N(C)C)C1)CO2. The Labute approximate surface area is 191 Å². The van der Waals surface area contributed by atoms with Crippen LogP contribution < -0.4 is 0 Å². The molecule has 32 heavy (non-hydrogen) atoms. The molecule has 180 valence electrons. The number of amides is 2. The number of rotatable bonds is 7. The quantitative estimate of drug-likeness (QED) is 0.438. The Morgan fingerprint density at radius 3 is 2.50 bits per heavy atom. The van der Waals surface area contributed by atoms with Crippen molar-refractivity contribution in [3.8, 4) is 0 Å². The van der Waals surface area contributed by atoms with Crippen LogP contribution in [0.2, 0.25) is 0 Å². The minimum atomic E-state index is -0.345. The average Bonchev–Trinajstić information content (AvgIpc) is 3.61. The average molecular weight is 451 g/mol. The van der Waals surface area contributed by atoms with Crippen molar-refractivity contribution in [3.05, 3.63) is 11.6 Å². The molecular formula is C24H38N2O6. The fourth-order valence-electron chi connectivity index (χ4n) is 5.55. The summed E-state index contributed by atoms with van der Waals surface area (Å²) in [5.41, 5.74) is 0.703. The molecule has 4 rings (SSSR count). The van der Waals surface area contributed by atoms with Gasteiger partial charge in [0, 0.05) is 46.6 Å². The summed E-state index contributed by atoms with van der Waals surface area (Å²) in [5.74, 6) is 0.309. The molecule has 0 bridgehead atoms. The third kappa shape index (κ3) is 4.41. The predicted octanol–water partition coefficient (Wildman–Crippen LogP) is 2.61. The second-order valence-corrected chi connectivity index (χ2v) is 10.6. The highest BCUT2D eigenvalue weighted by Gasteiger charge is 2.72. The maximum atomic E-state index is 12.8. The highest BCUT2D eigenvalue weighted by Crippen LogP contribution is 2.59. The summed E-state index contributed by atoms with van der Waals surface area (Å²) in [5, 5.41) is 0. The van der Waals surface area contributed by atoms with Gasteiger partial charge in [0.1, 0.15) is 23.4 Å². The van der Waals surface area contributed by atoms with Crippen LogP contribution in [0.4, 0.5) is 4.79 Å². The number of ether oxygens (including phenoxy) is 4. The van der Waals surface area contributed by atoms with E-state index in [0.29, 0.717) is 32.5 Å². The third-order valence-electron chi connectivity index (χ3n) is 7.67. The molecule has 1 aliphatic carbocycles. The van der Waals surface area contributed by atoms with Crippen molar-refractivity contribution in [2.75, 3.05) is 40.9 Å². The Kier molecular flexibility index (Phi) is 6.33. The summed E-state index contributed by atoms with van der Waals surface area (Å²) in [4.78, 5) is 27.9. The Hall–Kier alpha value is -1.64. The lowest BCUT2D eigenvalue weighted by Gasteiger charge is -2.44. The number of hydrogen-bond acceptors (Lipinski definition) is 6. The highest BCUT2D eigenvalue weighted by molar-refractivity contribution is 5.76. The fraction of sp³-hybridized carbons (Fsp3) is 0.833. The molecule has 8 heteroatoms. The van der Waals surface area contributed by atoms with Crippen molar-refractivity contribution < 1.29 is 28.5 Å². The standard InChI is InChI=1S/C24H38N2O6/c1-15(2)7-8-18-23(3,32-18)21-20(29-6)17(9-10-24(21)14-30-24)31-22(28)26-12-16(13-26)11-19(27)25(4)5/h7,16-18,20-21H,8-14H2,1-6H3/t17-,18-,20-,21?,23+,24+/m1/s1. The van der Waals surface area contributed by atoms with Gasteiger partial charge in [-0.2, -0.15) is 0 Å². The molecule has 3 saturated heterocycles. The minimum absolute atomic E-state index is 0.0176. The van der Waals surface area contributed by atoms with Gasteiger partial charge in [0.25, 0.3) is 0 Å². The monoisotopic (exact) mass is 450 g/mol. The Bertz CT molecular complexity index is 768. The van der Waals surface area contributed by atoms with E-state index in [1.807, 2.05) is 0 Å². The Morgan fingerprint density at radius 2 is 1.94 bits per heavy atom. The minimum Gasteiger partial charge on any atom is -0.443 e. The van der Waals surface area contributed by atoms with Crippen LogP contribution in [-0.4, -0.2) is 92.2 Å². The van der Waals surface area contributed by atoms with Crippen molar-refractivity contribution in [1.82, 2.24) is 9.80 Å². The van der Waals surface area contributed by atoms with Crippen molar-refractivity contribution >= 4 is 12.0 Å². The topological polar surface area (TPSA) is 84.1 Å². The van der Waals surface area contributed by atoms with Crippen molar-refractivity contribution in [2.45, 2.75) is 76.0 Å². The van der Waals surface area contributed by atoms with Gasteiger partial charge in [0.15, 0.2) is 0 Å². The zero-order valence-corrected chi connectivity index (χ0v) is 20.3. The van der Waals surface area contributed by atoms with Gasteiger partial charge in [-0.05, 0) is 40.0 Å². The van der Waals surface area contributed by atoms with Crippen LogP contribution in [0.3, 0.4) is 0 Å². The van der Waals surface area contributed by atoms with E-state index < -0.39 is 0 Å². The lowest BCUT2D eigenvalue weighted by molar-refractivity contribution is -0.132. The van der Waals surface area contributed by atoms with E-state index in [-0.39, 0.29) is 53.4 Å². The number of nitrogens with zero attached hydrogens (tertiary/aromatic N) is 2. The summed E-state index contributed by atoms with van der Waals surface area (Å²) in [7, 11) is 5.19. The van der Waals surface area contributed by atoms with Crippen LogP contribution in [0.25, 0.3) is 0 Å². The second kappa shape index (κ2) is 8.61. The number of hydrogen-bond donors (Lipinski definition) is 0. The first-order valence-corrected chi connectivity index (χ1v) is 11.7. The first kappa shape index (κ1) is 23.5. The number of allylic oxidation sites excluding steroid dienone is 1. The molecule has 3 aliphatic heterocycles. The van der Waals surface area contributed by atoms with Crippen molar-refractivity contribution in [3.63, 3.8) is 0 Å². The summed E-state index contributed by atoms with van der Waals surface area (Å²) in [6, 6.07) is 0. The zero-order chi connectivity index (χ0) is 23.3. The number of likely N-dealkylation sites (tertiary alicyclic amines) is 1. The van der Waals surface area contributed by atoms with Gasteiger partial charge in [0.05, 0.1) is 18.6 Å². The van der Waals surface area contributed by atoms with Gasteiger partial charge >= 0.3 is 6.09 Å². The number of carbonyl (C=O) groups excluding carboxylic acids is 2. The maximum absolute atomic E-state index is 12.8. The normalized spacial score (nSPS) is 38.1. The van der Waals surface area contributed by atoms with E-state index in [1.165, 1.54) is 5.57 Å². The van der Waals surface area contributed by atoms with E-state index in [4.69, 9.17) is 18.9 Å². The van der Waals surface area contributed by atoms with Crippen LogP contribution in [0.5, 0.6) is 0 Å². The summed E-state index contributed by atoms with van der Waals surface area (Å²) in [6.45, 7) is 8.16. The van der Waals surface area contributed by atoms with Gasteiger partial charge in [-0.25, -0.2) is 4.79 Å². The Morgan fingerprint density at radius 1 is 1.25 bits per heavy atom. The molecule has 0 aromatic rings. The largest absolute Gasteiger partial charge is 0.443 e. The van der Waals surface area contributed by atoms with Crippen molar-refractivity contribution in [1.29, 1.82) is 0 Å². The first-order chi connectivity index (χ1) is 15.1. The van der Waals surface area contributed by atoms with Gasteiger partial charge in [-0.1, -0.05) is 11.6 Å². The van der Waals surface area contributed by atoms with Gasteiger partial charge in [0.2, 0.25) is 5.91 Å². The van der Waals surface area contributed by atoms with E-state index in [9.17, 15) is 9.59 Å². The highest BCUT2D eigenvalue weighted by atomic mass is 16.6. The molecule has 3 heterocycles. The maximum Gasteiger partial charge on any atom is 0.410 e. The van der Waals surface area contributed by atoms with Gasteiger partial charge in [-0.3, -0.25) is 4.79 Å². The summed E-state index contributed by atoms with van der Waals surface area (Å²) >= 11 is 0. The smallest absolute Gasteiger partial charge is 0.410 e. The van der Waals surface area contributed by atoms with E-state index >= 15 is 0 Å². The molecule has 0 N–H and O–H groups in total. The lowest BCUT2D eigenvalue weighted by Crippen LogP contribution is -2.57. The van der Waals surface area contributed by atoms with Crippen LogP contribution in [0, 0.1) is 11.8 Å². The van der Waals surface area contributed by atoms with Crippen LogP contribution in [0.1, 0.15) is 46.5 Å². The number of carbonyl (C=O) groups is 2. The molecule has 0 aromatic carbocycles. The molecule has 4 fully saturated rings. The molecule has 6 atom stereocenters. The fourth-order valence-corrected chi connectivity index (χ4v) is 5.55. The number of epoxide rings is 2.